The van der Waals surface area contributed by atoms with Crippen molar-refractivity contribution in [2.75, 3.05) is 18.9 Å². The lowest BCUT2D eigenvalue weighted by atomic mass is 9.89. The first-order valence-corrected chi connectivity index (χ1v) is 6.05. The third-order valence-corrected chi connectivity index (χ3v) is 3.30. The monoisotopic (exact) mass is 256 g/mol. The number of nitrogens with one attached hydrogen (secondary N) is 1. The summed E-state index contributed by atoms with van der Waals surface area (Å²) in [6.07, 6.45) is 3.63. The number of nitrogens with two attached hydrogens (primary N) is 2. The molecular formula is C11H17ClN4O. The van der Waals surface area contributed by atoms with E-state index in [1.54, 1.807) is 0 Å². The lowest BCUT2D eigenvalue weighted by molar-refractivity contribution is 0.0391. The molecule has 0 aliphatic carbocycles. The SMILES string of the molecule is NNC(c1cc(Cl)cnc1N)C1CCCOC1. The van der Waals surface area contributed by atoms with Gasteiger partial charge in [0.2, 0.25) is 0 Å². The van der Waals surface area contributed by atoms with Crippen molar-refractivity contribution in [3.63, 3.8) is 0 Å². The van der Waals surface area contributed by atoms with Crippen LogP contribution in [0.15, 0.2) is 12.3 Å². The minimum Gasteiger partial charge on any atom is -0.383 e. The Bertz CT molecular complexity index is 382. The molecule has 2 unspecified atom stereocenters. The second kappa shape index (κ2) is 5.64. The quantitative estimate of drug-likeness (QED) is 0.560. The van der Waals surface area contributed by atoms with E-state index in [1.165, 1.54) is 6.20 Å². The van der Waals surface area contributed by atoms with Crippen molar-refractivity contribution in [3.05, 3.63) is 22.8 Å². The first-order chi connectivity index (χ1) is 8.22. The summed E-state index contributed by atoms with van der Waals surface area (Å²) in [4.78, 5) is 4.05. The normalized spacial score (nSPS) is 22.4. The van der Waals surface area contributed by atoms with Crippen LogP contribution in [0.4, 0.5) is 5.82 Å². The van der Waals surface area contributed by atoms with Crippen LogP contribution in [-0.2, 0) is 4.74 Å². The highest BCUT2D eigenvalue weighted by molar-refractivity contribution is 6.30. The largest absolute Gasteiger partial charge is 0.383 e. The summed E-state index contributed by atoms with van der Waals surface area (Å²) in [6, 6.07) is 1.74. The number of rotatable bonds is 3. The third kappa shape index (κ3) is 2.87. The predicted octanol–water partition coefficient (Wildman–Crippen LogP) is 1.25. The van der Waals surface area contributed by atoms with Crippen molar-refractivity contribution >= 4 is 17.4 Å². The number of nitrogens with zero attached hydrogens (tertiary/aromatic N) is 1. The van der Waals surface area contributed by atoms with E-state index >= 15 is 0 Å². The molecule has 17 heavy (non-hydrogen) atoms. The highest BCUT2D eigenvalue weighted by Gasteiger charge is 2.26. The molecule has 0 saturated carbocycles. The van der Waals surface area contributed by atoms with Crippen LogP contribution >= 0.6 is 11.6 Å². The van der Waals surface area contributed by atoms with Gasteiger partial charge in [-0.2, -0.15) is 0 Å². The highest BCUT2D eigenvalue weighted by Crippen LogP contribution is 2.31. The van der Waals surface area contributed by atoms with E-state index in [4.69, 9.17) is 27.9 Å². The van der Waals surface area contributed by atoms with Crippen LogP contribution in [0.2, 0.25) is 5.02 Å². The summed E-state index contributed by atoms with van der Waals surface area (Å²) in [5.41, 5.74) is 9.51. The number of ether oxygens (including phenoxy) is 1. The molecule has 0 aromatic carbocycles. The van der Waals surface area contributed by atoms with E-state index in [2.05, 4.69) is 10.4 Å². The number of aromatic nitrogens is 1. The number of nitrogen functional groups attached to an aromatic ring is 1. The van der Waals surface area contributed by atoms with Crippen molar-refractivity contribution in [1.29, 1.82) is 0 Å². The van der Waals surface area contributed by atoms with Crippen molar-refractivity contribution in [1.82, 2.24) is 10.4 Å². The molecule has 5 N–H and O–H groups in total. The Balaban J connectivity index is 2.24. The molecule has 1 fully saturated rings. The van der Waals surface area contributed by atoms with Crippen molar-refractivity contribution < 1.29 is 4.74 Å². The molecule has 2 heterocycles. The molecule has 0 radical (unpaired) electrons. The minimum absolute atomic E-state index is 0.0681. The van der Waals surface area contributed by atoms with Gasteiger partial charge >= 0.3 is 0 Å². The molecule has 1 aliphatic heterocycles. The van der Waals surface area contributed by atoms with Gasteiger partial charge in [-0.05, 0) is 18.9 Å². The van der Waals surface area contributed by atoms with Crippen molar-refractivity contribution in [3.8, 4) is 0 Å². The molecule has 1 saturated heterocycles. The zero-order chi connectivity index (χ0) is 12.3. The van der Waals surface area contributed by atoms with Crippen molar-refractivity contribution in [2.24, 2.45) is 11.8 Å². The van der Waals surface area contributed by atoms with Gasteiger partial charge in [0.05, 0.1) is 17.7 Å². The van der Waals surface area contributed by atoms with Crippen LogP contribution in [-0.4, -0.2) is 18.2 Å². The van der Waals surface area contributed by atoms with E-state index in [1.807, 2.05) is 6.07 Å². The van der Waals surface area contributed by atoms with Gasteiger partial charge in [-0.3, -0.25) is 11.3 Å². The molecule has 2 rings (SSSR count). The van der Waals surface area contributed by atoms with Gasteiger partial charge in [-0.25, -0.2) is 4.98 Å². The molecule has 6 heteroatoms. The Morgan fingerprint density at radius 2 is 2.41 bits per heavy atom. The van der Waals surface area contributed by atoms with Crippen LogP contribution in [0.3, 0.4) is 0 Å². The summed E-state index contributed by atoms with van der Waals surface area (Å²) < 4.78 is 5.47. The van der Waals surface area contributed by atoms with E-state index in [0.717, 1.165) is 25.0 Å². The number of hydrogen-bond donors (Lipinski definition) is 3. The number of hydrogen-bond acceptors (Lipinski definition) is 5. The number of pyridine rings is 1. The first kappa shape index (κ1) is 12.6. The Morgan fingerprint density at radius 3 is 3.06 bits per heavy atom. The summed E-state index contributed by atoms with van der Waals surface area (Å²) in [5.74, 6) is 6.39. The summed E-state index contributed by atoms with van der Waals surface area (Å²) in [7, 11) is 0. The summed E-state index contributed by atoms with van der Waals surface area (Å²) in [6.45, 7) is 1.50. The minimum atomic E-state index is -0.0681. The Labute approximate surface area is 105 Å². The third-order valence-electron chi connectivity index (χ3n) is 3.10. The molecule has 0 spiro atoms. The Morgan fingerprint density at radius 1 is 1.59 bits per heavy atom. The average molecular weight is 257 g/mol. The van der Waals surface area contributed by atoms with Crippen LogP contribution in [0.25, 0.3) is 0 Å². The van der Waals surface area contributed by atoms with Gasteiger partial charge in [-0.15, -0.1) is 0 Å². The Kier molecular flexibility index (Phi) is 4.17. The molecule has 1 aliphatic rings. The smallest absolute Gasteiger partial charge is 0.128 e. The maximum atomic E-state index is 5.94. The number of hydrazine groups is 1. The molecule has 1 aromatic rings. The maximum absolute atomic E-state index is 5.94. The van der Waals surface area contributed by atoms with Crippen LogP contribution < -0.4 is 17.0 Å². The van der Waals surface area contributed by atoms with Crippen LogP contribution in [0, 0.1) is 5.92 Å². The molecule has 5 nitrogen and oxygen atoms in total. The molecular weight excluding hydrogens is 240 g/mol. The topological polar surface area (TPSA) is 86.2 Å². The molecule has 0 amide bonds. The van der Waals surface area contributed by atoms with Crippen LogP contribution in [0.5, 0.6) is 0 Å². The first-order valence-electron chi connectivity index (χ1n) is 5.67. The highest BCUT2D eigenvalue weighted by atomic mass is 35.5. The fourth-order valence-electron chi connectivity index (χ4n) is 2.22. The zero-order valence-corrected chi connectivity index (χ0v) is 10.3. The molecule has 0 bridgehead atoms. The van der Waals surface area contributed by atoms with E-state index in [-0.39, 0.29) is 6.04 Å². The van der Waals surface area contributed by atoms with Gasteiger partial charge in [-0.1, -0.05) is 11.6 Å². The Hall–Kier alpha value is -0.880. The van der Waals surface area contributed by atoms with Crippen molar-refractivity contribution in [2.45, 2.75) is 18.9 Å². The zero-order valence-electron chi connectivity index (χ0n) is 9.53. The van der Waals surface area contributed by atoms with E-state index < -0.39 is 0 Å². The lowest BCUT2D eigenvalue weighted by Crippen LogP contribution is -2.37. The molecule has 94 valence electrons. The summed E-state index contributed by atoms with van der Waals surface area (Å²) >= 11 is 5.94. The fraction of sp³-hybridized carbons (Fsp3) is 0.545. The fourth-order valence-corrected chi connectivity index (χ4v) is 2.39. The molecule has 2 atom stereocenters. The number of anilines is 1. The second-order valence-electron chi connectivity index (χ2n) is 4.25. The number of halogens is 1. The second-order valence-corrected chi connectivity index (χ2v) is 4.69. The van der Waals surface area contributed by atoms with E-state index in [0.29, 0.717) is 23.4 Å². The van der Waals surface area contributed by atoms with Gasteiger partial charge in [0.15, 0.2) is 0 Å². The van der Waals surface area contributed by atoms with Gasteiger partial charge in [0, 0.05) is 24.3 Å². The lowest BCUT2D eigenvalue weighted by Gasteiger charge is -2.30. The van der Waals surface area contributed by atoms with Gasteiger partial charge < -0.3 is 10.5 Å². The van der Waals surface area contributed by atoms with E-state index in [9.17, 15) is 0 Å². The maximum Gasteiger partial charge on any atom is 0.128 e. The molecule has 1 aromatic heterocycles. The van der Waals surface area contributed by atoms with Gasteiger partial charge in [0.25, 0.3) is 0 Å². The standard InChI is InChI=1S/C11H17ClN4O/c12-8-4-9(11(13)15-5-8)10(16-14)7-2-1-3-17-6-7/h4-5,7,10,16H,1-3,6,14H2,(H2,13,15). The van der Waals surface area contributed by atoms with Crippen LogP contribution in [0.1, 0.15) is 24.4 Å². The predicted molar refractivity (Wildman–Crippen MR) is 67.3 cm³/mol. The van der Waals surface area contributed by atoms with Gasteiger partial charge in [0.1, 0.15) is 5.82 Å². The average Bonchev–Trinajstić information content (AvgIpc) is 2.36. The summed E-state index contributed by atoms with van der Waals surface area (Å²) in [5, 5.41) is 0.561.